The minimum atomic E-state index is -0.465. The number of fused-ring (bicyclic) bond motifs is 2. The molecule has 1 aliphatic carbocycles. The number of benzene rings is 2. The second kappa shape index (κ2) is 7.16. The van der Waals surface area contributed by atoms with Crippen molar-refractivity contribution in [3.8, 4) is 11.5 Å². The van der Waals surface area contributed by atoms with Crippen molar-refractivity contribution in [3.63, 3.8) is 0 Å². The Labute approximate surface area is 173 Å². The summed E-state index contributed by atoms with van der Waals surface area (Å²) in [5, 5.41) is 8.96. The monoisotopic (exact) mass is 405 g/mol. The molecule has 0 bridgehead atoms. The van der Waals surface area contributed by atoms with E-state index in [2.05, 4.69) is 10.4 Å². The van der Waals surface area contributed by atoms with Crippen LogP contribution in [-0.4, -0.2) is 22.5 Å². The number of nitrogens with one attached hydrogen (secondary N) is 1. The normalized spacial score (nSPS) is 16.7. The van der Waals surface area contributed by atoms with Crippen molar-refractivity contribution < 1.29 is 14.3 Å². The topological polar surface area (TPSA) is 82.5 Å². The SMILES string of the molecule is Cc1nn(CC(=O)NC2(c3ccc4c(c3)OCO4)CCCC2)c(=O)c2ccccc12. The van der Waals surface area contributed by atoms with Crippen LogP contribution >= 0.6 is 0 Å². The summed E-state index contributed by atoms with van der Waals surface area (Å²) in [6, 6.07) is 13.2. The Kier molecular flexibility index (Phi) is 4.46. The van der Waals surface area contributed by atoms with Crippen LogP contribution in [0.5, 0.6) is 11.5 Å². The number of amides is 1. The number of ether oxygens (including phenoxy) is 2. The van der Waals surface area contributed by atoms with E-state index in [1.54, 1.807) is 6.07 Å². The Bertz CT molecular complexity index is 1190. The molecule has 0 spiro atoms. The van der Waals surface area contributed by atoms with Gasteiger partial charge in [0, 0.05) is 5.39 Å². The third-order valence-corrected chi connectivity index (χ3v) is 6.11. The third kappa shape index (κ3) is 3.10. The van der Waals surface area contributed by atoms with Crippen molar-refractivity contribution in [2.75, 3.05) is 6.79 Å². The lowest BCUT2D eigenvalue weighted by molar-refractivity contribution is -0.124. The summed E-state index contributed by atoms with van der Waals surface area (Å²) in [6.07, 6.45) is 3.75. The fraction of sp³-hybridized carbons (Fsp3) is 0.348. The van der Waals surface area contributed by atoms with E-state index in [1.165, 1.54) is 4.68 Å². The van der Waals surface area contributed by atoms with Gasteiger partial charge in [-0.25, -0.2) is 4.68 Å². The van der Waals surface area contributed by atoms with Crippen molar-refractivity contribution in [1.29, 1.82) is 0 Å². The van der Waals surface area contributed by atoms with Crippen molar-refractivity contribution in [2.24, 2.45) is 0 Å². The molecular formula is C23H23N3O4. The Hall–Kier alpha value is -3.35. The van der Waals surface area contributed by atoms with Gasteiger partial charge in [0.15, 0.2) is 11.5 Å². The second-order valence-electron chi connectivity index (χ2n) is 8.00. The first-order valence-electron chi connectivity index (χ1n) is 10.2. The molecule has 2 heterocycles. The first kappa shape index (κ1) is 18.7. The quantitative estimate of drug-likeness (QED) is 0.722. The molecule has 1 aromatic heterocycles. The van der Waals surface area contributed by atoms with Gasteiger partial charge in [-0.05, 0) is 43.5 Å². The number of carbonyl (C=O) groups is 1. The molecule has 1 N–H and O–H groups in total. The maximum atomic E-state index is 13.0. The summed E-state index contributed by atoms with van der Waals surface area (Å²) in [7, 11) is 0. The van der Waals surface area contributed by atoms with E-state index >= 15 is 0 Å². The van der Waals surface area contributed by atoms with Crippen LogP contribution in [0.25, 0.3) is 10.8 Å². The summed E-state index contributed by atoms with van der Waals surface area (Å²) in [5.74, 6) is 1.20. The van der Waals surface area contributed by atoms with E-state index in [4.69, 9.17) is 9.47 Å². The lowest BCUT2D eigenvalue weighted by atomic mass is 9.87. The zero-order valence-electron chi connectivity index (χ0n) is 16.8. The fourth-order valence-corrected chi connectivity index (χ4v) is 4.61. The van der Waals surface area contributed by atoms with Crippen LogP contribution in [0.3, 0.4) is 0 Å². The molecule has 0 atom stereocenters. The summed E-state index contributed by atoms with van der Waals surface area (Å²) in [6.45, 7) is 1.95. The van der Waals surface area contributed by atoms with E-state index in [-0.39, 0.29) is 24.8 Å². The minimum Gasteiger partial charge on any atom is -0.454 e. The maximum absolute atomic E-state index is 13.0. The summed E-state index contributed by atoms with van der Waals surface area (Å²) < 4.78 is 12.2. The first-order chi connectivity index (χ1) is 14.6. The number of aromatic nitrogens is 2. The number of hydrogen-bond acceptors (Lipinski definition) is 5. The van der Waals surface area contributed by atoms with Crippen LogP contribution in [-0.2, 0) is 16.9 Å². The third-order valence-electron chi connectivity index (χ3n) is 6.11. The van der Waals surface area contributed by atoms with Crippen molar-refractivity contribution >= 4 is 16.7 Å². The Morgan fingerprint density at radius 2 is 1.83 bits per heavy atom. The second-order valence-corrected chi connectivity index (χ2v) is 8.00. The zero-order valence-corrected chi connectivity index (χ0v) is 16.8. The molecular weight excluding hydrogens is 382 g/mol. The molecule has 3 aromatic rings. The van der Waals surface area contributed by atoms with Crippen LogP contribution in [0.2, 0.25) is 0 Å². The van der Waals surface area contributed by atoms with Gasteiger partial charge >= 0.3 is 0 Å². The van der Waals surface area contributed by atoms with E-state index in [1.807, 2.05) is 43.3 Å². The van der Waals surface area contributed by atoms with Crippen LogP contribution in [0, 0.1) is 6.92 Å². The van der Waals surface area contributed by atoms with E-state index < -0.39 is 5.54 Å². The Balaban J connectivity index is 1.43. The number of carbonyl (C=O) groups excluding carboxylic acids is 1. The van der Waals surface area contributed by atoms with Crippen molar-refractivity contribution in [2.45, 2.75) is 44.7 Å². The number of rotatable bonds is 4. The highest BCUT2D eigenvalue weighted by molar-refractivity contribution is 5.84. The lowest BCUT2D eigenvalue weighted by Gasteiger charge is -2.31. The van der Waals surface area contributed by atoms with Gasteiger partial charge in [-0.1, -0.05) is 37.1 Å². The van der Waals surface area contributed by atoms with Crippen LogP contribution in [0.15, 0.2) is 47.3 Å². The minimum absolute atomic E-state index is 0.114. The van der Waals surface area contributed by atoms with Gasteiger partial charge in [0.1, 0.15) is 6.54 Å². The lowest BCUT2D eigenvalue weighted by Crippen LogP contribution is -2.46. The summed E-state index contributed by atoms with van der Waals surface area (Å²) >= 11 is 0. The van der Waals surface area contributed by atoms with Gasteiger partial charge in [-0.3, -0.25) is 9.59 Å². The van der Waals surface area contributed by atoms with Gasteiger partial charge < -0.3 is 14.8 Å². The number of aryl methyl sites for hydroxylation is 1. The zero-order chi connectivity index (χ0) is 20.7. The van der Waals surface area contributed by atoms with Gasteiger partial charge in [0.2, 0.25) is 12.7 Å². The van der Waals surface area contributed by atoms with E-state index in [9.17, 15) is 9.59 Å². The average Bonchev–Trinajstić information content (AvgIpc) is 3.41. The molecule has 0 radical (unpaired) electrons. The molecule has 30 heavy (non-hydrogen) atoms. The van der Waals surface area contributed by atoms with Gasteiger partial charge in [0.25, 0.3) is 5.56 Å². The molecule has 154 valence electrons. The molecule has 2 aromatic carbocycles. The standard InChI is InChI=1S/C23H23N3O4/c1-15-17-6-2-3-7-18(17)22(28)26(25-15)13-21(27)24-23(10-4-5-11-23)16-8-9-19-20(12-16)30-14-29-19/h2-3,6-9,12H,4-5,10-11,13-14H2,1H3,(H,24,27). The predicted octanol–water partition coefficient (Wildman–Crippen LogP) is 3.02. The molecule has 2 aliphatic rings. The van der Waals surface area contributed by atoms with E-state index in [0.717, 1.165) is 48.1 Å². The van der Waals surface area contributed by atoms with Gasteiger partial charge in [-0.15, -0.1) is 0 Å². The molecule has 1 amide bonds. The smallest absolute Gasteiger partial charge is 0.275 e. The maximum Gasteiger partial charge on any atom is 0.275 e. The molecule has 1 saturated carbocycles. The molecule has 7 nitrogen and oxygen atoms in total. The Morgan fingerprint density at radius 3 is 2.63 bits per heavy atom. The molecule has 0 saturated heterocycles. The molecule has 5 rings (SSSR count). The average molecular weight is 405 g/mol. The molecule has 1 aliphatic heterocycles. The van der Waals surface area contributed by atoms with E-state index in [0.29, 0.717) is 11.1 Å². The fourth-order valence-electron chi connectivity index (χ4n) is 4.61. The summed E-state index contributed by atoms with van der Waals surface area (Å²) in [4.78, 5) is 25.8. The van der Waals surface area contributed by atoms with Gasteiger partial charge in [0.05, 0.1) is 16.6 Å². The van der Waals surface area contributed by atoms with Crippen LogP contribution in [0.4, 0.5) is 0 Å². The highest BCUT2D eigenvalue weighted by atomic mass is 16.7. The molecule has 7 heteroatoms. The Morgan fingerprint density at radius 1 is 1.10 bits per heavy atom. The largest absolute Gasteiger partial charge is 0.454 e. The van der Waals surface area contributed by atoms with Crippen molar-refractivity contribution in [3.05, 3.63) is 64.1 Å². The summed E-state index contributed by atoms with van der Waals surface area (Å²) in [5.41, 5.74) is 1.01. The number of hydrogen-bond donors (Lipinski definition) is 1. The molecule has 1 fully saturated rings. The number of nitrogens with zero attached hydrogens (tertiary/aromatic N) is 2. The van der Waals surface area contributed by atoms with Crippen molar-refractivity contribution in [1.82, 2.24) is 15.1 Å². The van der Waals surface area contributed by atoms with Crippen LogP contribution < -0.4 is 20.3 Å². The first-order valence-corrected chi connectivity index (χ1v) is 10.2. The van der Waals surface area contributed by atoms with Crippen LogP contribution in [0.1, 0.15) is 36.9 Å². The highest BCUT2D eigenvalue weighted by Crippen LogP contribution is 2.42. The molecule has 0 unspecified atom stereocenters. The predicted molar refractivity (Wildman–Crippen MR) is 112 cm³/mol. The van der Waals surface area contributed by atoms with Gasteiger partial charge in [-0.2, -0.15) is 5.10 Å². The highest BCUT2D eigenvalue weighted by Gasteiger charge is 2.38.